The second-order valence-corrected chi connectivity index (χ2v) is 8.97. The molecule has 2 N–H and O–H groups in total. The van der Waals surface area contributed by atoms with Gasteiger partial charge < -0.3 is 10.3 Å². The van der Waals surface area contributed by atoms with Crippen molar-refractivity contribution >= 4 is 40.0 Å². The molecule has 4 rings (SSSR count). The minimum absolute atomic E-state index is 0.145. The van der Waals surface area contributed by atoms with Crippen molar-refractivity contribution in [3.05, 3.63) is 65.9 Å². The molecule has 1 aliphatic rings. The topological polar surface area (TPSA) is 65.2 Å². The van der Waals surface area contributed by atoms with E-state index >= 15 is 0 Å². The van der Waals surface area contributed by atoms with E-state index in [0.717, 1.165) is 42.1 Å². The van der Waals surface area contributed by atoms with Gasteiger partial charge in [0.05, 0.1) is 0 Å². The van der Waals surface area contributed by atoms with Gasteiger partial charge in [0, 0.05) is 35.2 Å². The van der Waals surface area contributed by atoms with Crippen molar-refractivity contribution in [1.29, 1.82) is 0 Å². The Bertz CT molecular complexity index is 1040. The summed E-state index contributed by atoms with van der Waals surface area (Å²) in [6, 6.07) is 16.9. The smallest absolute Gasteiger partial charge is 0.249 e. The molecule has 0 spiro atoms. The fraction of sp³-hybridized carbons (Fsp3) is 0.385. The normalized spacial score (nSPS) is 15.4. The minimum Gasteiger partial charge on any atom is -0.356 e. The highest BCUT2D eigenvalue weighted by Gasteiger charge is 2.34. The molecule has 0 bridgehead atoms. The lowest BCUT2D eigenvalue weighted by Crippen LogP contribution is -2.47. The number of carbonyl (C=O) groups excluding carboxylic acids is 2. The SMILES string of the molecule is Cc1ccc(N(C(=O)CCCl)C(C(=O)NC2CCCCC2)c2cc3ccccc3[nH]2)cc1. The number of aryl methyl sites for hydroxylation is 1. The van der Waals surface area contributed by atoms with Crippen molar-refractivity contribution in [1.82, 2.24) is 10.3 Å². The maximum atomic E-state index is 13.7. The summed E-state index contributed by atoms with van der Waals surface area (Å²) in [7, 11) is 0. The molecule has 1 saturated carbocycles. The zero-order chi connectivity index (χ0) is 22.5. The summed E-state index contributed by atoms with van der Waals surface area (Å²) in [5.74, 6) is -0.136. The molecule has 1 unspecified atom stereocenters. The highest BCUT2D eigenvalue weighted by Crippen LogP contribution is 2.31. The van der Waals surface area contributed by atoms with Crippen LogP contribution in [0.3, 0.4) is 0 Å². The number of H-pyrrole nitrogens is 1. The fourth-order valence-corrected chi connectivity index (χ4v) is 4.67. The number of hydrogen-bond donors (Lipinski definition) is 2. The van der Waals surface area contributed by atoms with Crippen LogP contribution in [0.1, 0.15) is 55.8 Å². The number of anilines is 1. The van der Waals surface area contributed by atoms with Gasteiger partial charge >= 0.3 is 0 Å². The molecule has 1 fully saturated rings. The minimum atomic E-state index is -0.803. The summed E-state index contributed by atoms with van der Waals surface area (Å²) in [6.07, 6.45) is 5.56. The van der Waals surface area contributed by atoms with E-state index < -0.39 is 6.04 Å². The van der Waals surface area contributed by atoms with Crippen molar-refractivity contribution in [3.8, 4) is 0 Å². The van der Waals surface area contributed by atoms with E-state index in [4.69, 9.17) is 11.6 Å². The number of halogens is 1. The van der Waals surface area contributed by atoms with Gasteiger partial charge in [-0.1, -0.05) is 55.2 Å². The maximum absolute atomic E-state index is 13.7. The summed E-state index contributed by atoms with van der Waals surface area (Å²) >= 11 is 5.95. The summed E-state index contributed by atoms with van der Waals surface area (Å²) in [5.41, 5.74) is 3.41. The molecule has 1 aliphatic carbocycles. The van der Waals surface area contributed by atoms with Crippen LogP contribution in [-0.2, 0) is 9.59 Å². The third-order valence-electron chi connectivity index (χ3n) is 6.19. The highest BCUT2D eigenvalue weighted by molar-refractivity contribution is 6.19. The molecule has 2 aromatic carbocycles. The van der Waals surface area contributed by atoms with E-state index in [-0.39, 0.29) is 30.2 Å². The largest absolute Gasteiger partial charge is 0.356 e. The Hall–Kier alpha value is -2.79. The van der Waals surface area contributed by atoms with E-state index in [1.807, 2.05) is 61.5 Å². The molecule has 5 nitrogen and oxygen atoms in total. The molecule has 0 saturated heterocycles. The highest BCUT2D eigenvalue weighted by atomic mass is 35.5. The van der Waals surface area contributed by atoms with Gasteiger partial charge in [0.25, 0.3) is 0 Å². The molecule has 168 valence electrons. The number of alkyl halides is 1. The monoisotopic (exact) mass is 451 g/mol. The van der Waals surface area contributed by atoms with Crippen LogP contribution in [0.25, 0.3) is 10.9 Å². The Balaban J connectivity index is 1.77. The van der Waals surface area contributed by atoms with E-state index in [1.54, 1.807) is 4.90 Å². The van der Waals surface area contributed by atoms with Gasteiger partial charge in [-0.2, -0.15) is 0 Å². The molecular formula is C26H30ClN3O2. The number of nitrogens with zero attached hydrogens (tertiary/aromatic N) is 1. The number of para-hydroxylation sites is 1. The lowest BCUT2D eigenvalue weighted by molar-refractivity contribution is -0.127. The quantitative estimate of drug-likeness (QED) is 0.457. The van der Waals surface area contributed by atoms with Crippen LogP contribution in [0.5, 0.6) is 0 Å². The number of benzene rings is 2. The molecule has 2 amide bonds. The molecule has 32 heavy (non-hydrogen) atoms. The van der Waals surface area contributed by atoms with E-state index in [9.17, 15) is 9.59 Å². The third-order valence-corrected chi connectivity index (χ3v) is 6.38. The van der Waals surface area contributed by atoms with Gasteiger partial charge in [-0.25, -0.2) is 0 Å². The lowest BCUT2D eigenvalue weighted by Gasteiger charge is -2.33. The standard InChI is InChI=1S/C26H30ClN3O2/c1-18-11-13-21(14-12-18)30(24(31)15-16-27)25(26(32)28-20-8-3-2-4-9-20)23-17-19-7-5-6-10-22(19)29-23/h5-7,10-14,17,20,25,29H,2-4,8-9,15-16H2,1H3,(H,28,32). The van der Waals surface area contributed by atoms with Crippen molar-refractivity contribution in [2.75, 3.05) is 10.8 Å². The Kier molecular flexibility index (Phi) is 7.15. The number of amides is 2. The van der Waals surface area contributed by atoms with Crippen molar-refractivity contribution < 1.29 is 9.59 Å². The first-order valence-electron chi connectivity index (χ1n) is 11.4. The first kappa shape index (κ1) is 22.4. The van der Waals surface area contributed by atoms with Crippen LogP contribution in [0.15, 0.2) is 54.6 Å². The van der Waals surface area contributed by atoms with Crippen LogP contribution in [0.4, 0.5) is 5.69 Å². The maximum Gasteiger partial charge on any atom is 0.249 e. The van der Waals surface area contributed by atoms with Gasteiger partial charge in [-0.05, 0) is 49.4 Å². The molecular weight excluding hydrogens is 422 g/mol. The number of carbonyl (C=O) groups is 2. The van der Waals surface area contributed by atoms with E-state index in [2.05, 4.69) is 10.3 Å². The van der Waals surface area contributed by atoms with Crippen LogP contribution >= 0.6 is 11.6 Å². The van der Waals surface area contributed by atoms with Crippen LogP contribution in [-0.4, -0.2) is 28.7 Å². The zero-order valence-corrected chi connectivity index (χ0v) is 19.2. The van der Waals surface area contributed by atoms with Gasteiger partial charge in [0.1, 0.15) is 0 Å². The van der Waals surface area contributed by atoms with Crippen LogP contribution in [0.2, 0.25) is 0 Å². The second-order valence-electron chi connectivity index (χ2n) is 8.60. The number of hydrogen-bond acceptors (Lipinski definition) is 2. The summed E-state index contributed by atoms with van der Waals surface area (Å²) < 4.78 is 0. The molecule has 3 aromatic rings. The summed E-state index contributed by atoms with van der Waals surface area (Å²) in [6.45, 7) is 2.00. The predicted octanol–water partition coefficient (Wildman–Crippen LogP) is 5.63. The molecule has 6 heteroatoms. The number of aromatic nitrogens is 1. The predicted molar refractivity (Wildman–Crippen MR) is 130 cm³/mol. The first-order chi connectivity index (χ1) is 15.6. The zero-order valence-electron chi connectivity index (χ0n) is 18.4. The first-order valence-corrected chi connectivity index (χ1v) is 11.9. The molecule has 0 aliphatic heterocycles. The van der Waals surface area contributed by atoms with Gasteiger partial charge in [-0.15, -0.1) is 11.6 Å². The third kappa shape index (κ3) is 4.99. The second kappa shape index (κ2) is 10.2. The Morgan fingerprint density at radius 3 is 2.50 bits per heavy atom. The van der Waals surface area contributed by atoms with Crippen LogP contribution in [0, 0.1) is 6.92 Å². The van der Waals surface area contributed by atoms with Crippen molar-refractivity contribution in [2.24, 2.45) is 0 Å². The van der Waals surface area contributed by atoms with Crippen molar-refractivity contribution in [2.45, 2.75) is 57.5 Å². The summed E-state index contributed by atoms with van der Waals surface area (Å²) in [5, 5.41) is 4.24. The number of fused-ring (bicyclic) bond motifs is 1. The molecule has 1 aromatic heterocycles. The van der Waals surface area contributed by atoms with Crippen LogP contribution < -0.4 is 10.2 Å². The fourth-order valence-electron chi connectivity index (χ4n) is 4.51. The van der Waals surface area contributed by atoms with Gasteiger partial charge in [0.15, 0.2) is 6.04 Å². The summed E-state index contributed by atoms with van der Waals surface area (Å²) in [4.78, 5) is 32.0. The molecule has 1 heterocycles. The average Bonchev–Trinajstić information content (AvgIpc) is 3.22. The van der Waals surface area contributed by atoms with Gasteiger partial charge in [-0.3, -0.25) is 14.5 Å². The number of aromatic amines is 1. The number of rotatable bonds is 7. The lowest BCUT2D eigenvalue weighted by atomic mass is 9.95. The molecule has 1 atom stereocenters. The van der Waals surface area contributed by atoms with Gasteiger partial charge in [0.2, 0.25) is 11.8 Å². The number of nitrogens with one attached hydrogen (secondary N) is 2. The van der Waals surface area contributed by atoms with Crippen molar-refractivity contribution in [3.63, 3.8) is 0 Å². The molecule has 0 radical (unpaired) electrons. The van der Waals surface area contributed by atoms with E-state index in [1.165, 1.54) is 6.42 Å². The Morgan fingerprint density at radius 1 is 1.09 bits per heavy atom. The average molecular weight is 452 g/mol. The Labute approximate surface area is 194 Å². The van der Waals surface area contributed by atoms with E-state index in [0.29, 0.717) is 11.4 Å². The Morgan fingerprint density at radius 2 is 1.81 bits per heavy atom.